The summed E-state index contributed by atoms with van der Waals surface area (Å²) in [5, 5.41) is 0. The second kappa shape index (κ2) is 4.82. The highest BCUT2D eigenvalue weighted by Crippen LogP contribution is 2.26. The van der Waals surface area contributed by atoms with E-state index in [2.05, 4.69) is 0 Å². The van der Waals surface area contributed by atoms with Gasteiger partial charge in [0.2, 0.25) is 0 Å². The van der Waals surface area contributed by atoms with Crippen molar-refractivity contribution in [1.82, 2.24) is 0 Å². The van der Waals surface area contributed by atoms with Crippen LogP contribution >= 0.6 is 0 Å². The Morgan fingerprint density at radius 1 is 1.43 bits per heavy atom. The lowest BCUT2D eigenvalue weighted by Crippen LogP contribution is -2.23. The maximum atomic E-state index is 11.8. The predicted molar refractivity (Wildman–Crippen MR) is 49.8 cm³/mol. The molecule has 1 saturated carbocycles. The van der Waals surface area contributed by atoms with Crippen molar-refractivity contribution in [2.24, 2.45) is 5.73 Å². The molecule has 0 heterocycles. The van der Waals surface area contributed by atoms with Crippen molar-refractivity contribution < 1.29 is 13.2 Å². The highest BCUT2D eigenvalue weighted by Gasteiger charge is 2.25. The molecule has 1 aliphatic rings. The molecule has 0 aromatic carbocycles. The van der Waals surface area contributed by atoms with Crippen LogP contribution in [0.3, 0.4) is 0 Å². The summed E-state index contributed by atoms with van der Waals surface area (Å²) in [5.41, 5.74) is 6.82. The Bertz CT molecular complexity index is 208. The van der Waals surface area contributed by atoms with Crippen molar-refractivity contribution in [2.45, 2.75) is 50.7 Å². The third-order valence-corrected chi connectivity index (χ3v) is 2.46. The van der Waals surface area contributed by atoms with E-state index in [0.717, 1.165) is 31.3 Å². The van der Waals surface area contributed by atoms with Gasteiger partial charge < -0.3 is 5.73 Å². The minimum atomic E-state index is -4.03. The molecule has 4 heteroatoms. The quantitative estimate of drug-likeness (QED) is 0.691. The number of rotatable bonds is 2. The molecule has 0 radical (unpaired) electrons. The molecule has 82 valence electrons. The van der Waals surface area contributed by atoms with E-state index in [1.807, 2.05) is 0 Å². The summed E-state index contributed by atoms with van der Waals surface area (Å²) in [6.07, 6.45) is 0.774. The first-order valence-corrected chi connectivity index (χ1v) is 4.97. The standard InChI is InChI=1S/C10H16F3N/c11-10(12,13)6-2-4-8-3-1-5-9(14)7-8/h4,9H,1-3,5-7,14H2. The van der Waals surface area contributed by atoms with Crippen molar-refractivity contribution in [2.75, 3.05) is 0 Å². The zero-order valence-corrected chi connectivity index (χ0v) is 8.11. The summed E-state index contributed by atoms with van der Waals surface area (Å²) in [7, 11) is 0. The zero-order valence-electron chi connectivity index (χ0n) is 8.11. The van der Waals surface area contributed by atoms with E-state index >= 15 is 0 Å². The SMILES string of the molecule is NC1CCCC(=CCCC(F)(F)F)C1. The van der Waals surface area contributed by atoms with Crippen molar-refractivity contribution in [3.05, 3.63) is 11.6 Å². The van der Waals surface area contributed by atoms with Crippen LogP contribution in [-0.4, -0.2) is 12.2 Å². The summed E-state index contributed by atoms with van der Waals surface area (Å²) < 4.78 is 35.5. The van der Waals surface area contributed by atoms with E-state index in [4.69, 9.17) is 5.73 Å². The number of halogens is 3. The maximum absolute atomic E-state index is 11.8. The third-order valence-electron chi connectivity index (χ3n) is 2.46. The van der Waals surface area contributed by atoms with Gasteiger partial charge in [-0.05, 0) is 32.1 Å². The Kier molecular flexibility index (Phi) is 3.98. The predicted octanol–water partition coefficient (Wildman–Crippen LogP) is 3.16. The van der Waals surface area contributed by atoms with Crippen LogP contribution in [0.25, 0.3) is 0 Å². The van der Waals surface area contributed by atoms with Crippen LogP contribution in [0.15, 0.2) is 11.6 Å². The molecule has 0 bridgehead atoms. The second-order valence-corrected chi connectivity index (χ2v) is 3.87. The molecule has 1 rings (SSSR count). The molecule has 1 nitrogen and oxygen atoms in total. The lowest BCUT2D eigenvalue weighted by molar-refractivity contribution is -0.133. The highest BCUT2D eigenvalue weighted by atomic mass is 19.4. The molecule has 0 aliphatic heterocycles. The Labute approximate surface area is 82.2 Å². The second-order valence-electron chi connectivity index (χ2n) is 3.87. The first-order valence-electron chi connectivity index (χ1n) is 4.97. The number of hydrogen-bond acceptors (Lipinski definition) is 1. The van der Waals surface area contributed by atoms with Crippen molar-refractivity contribution in [3.63, 3.8) is 0 Å². The molecular weight excluding hydrogens is 191 g/mol. The molecule has 0 aromatic heterocycles. The van der Waals surface area contributed by atoms with Gasteiger partial charge >= 0.3 is 6.18 Å². The summed E-state index contributed by atoms with van der Waals surface area (Å²) in [6, 6.07) is 0.154. The monoisotopic (exact) mass is 207 g/mol. The molecule has 1 unspecified atom stereocenters. The van der Waals surface area contributed by atoms with Gasteiger partial charge in [0.05, 0.1) is 0 Å². The number of nitrogens with two attached hydrogens (primary N) is 1. The van der Waals surface area contributed by atoms with Gasteiger partial charge in [0.1, 0.15) is 0 Å². The minimum absolute atomic E-state index is 0.103. The van der Waals surface area contributed by atoms with Gasteiger partial charge in [-0.25, -0.2) is 0 Å². The lowest BCUT2D eigenvalue weighted by atomic mass is 9.90. The van der Waals surface area contributed by atoms with Crippen molar-refractivity contribution in [1.29, 1.82) is 0 Å². The van der Waals surface area contributed by atoms with E-state index in [9.17, 15) is 13.2 Å². The van der Waals surface area contributed by atoms with Crippen LogP contribution in [0.1, 0.15) is 38.5 Å². The van der Waals surface area contributed by atoms with E-state index in [0.29, 0.717) is 0 Å². The fourth-order valence-corrected chi connectivity index (χ4v) is 1.76. The van der Waals surface area contributed by atoms with E-state index in [1.165, 1.54) is 0 Å². The smallest absolute Gasteiger partial charge is 0.327 e. The van der Waals surface area contributed by atoms with Crippen LogP contribution < -0.4 is 5.73 Å². The Hall–Kier alpha value is -0.510. The molecule has 1 fully saturated rings. The van der Waals surface area contributed by atoms with Crippen LogP contribution in [0.4, 0.5) is 13.2 Å². The summed E-state index contributed by atoms with van der Waals surface area (Å²) in [5.74, 6) is 0. The van der Waals surface area contributed by atoms with Crippen LogP contribution in [-0.2, 0) is 0 Å². The van der Waals surface area contributed by atoms with E-state index in [1.54, 1.807) is 6.08 Å². The molecule has 1 aliphatic carbocycles. The molecule has 1 atom stereocenters. The van der Waals surface area contributed by atoms with Gasteiger partial charge in [-0.15, -0.1) is 0 Å². The van der Waals surface area contributed by atoms with Gasteiger partial charge in [0.25, 0.3) is 0 Å². The van der Waals surface area contributed by atoms with Crippen molar-refractivity contribution in [3.8, 4) is 0 Å². The summed E-state index contributed by atoms with van der Waals surface area (Å²) in [6.45, 7) is 0. The van der Waals surface area contributed by atoms with Gasteiger partial charge in [0.15, 0.2) is 0 Å². The first-order chi connectivity index (χ1) is 6.47. The fraction of sp³-hybridized carbons (Fsp3) is 0.800. The van der Waals surface area contributed by atoms with Gasteiger partial charge in [-0.3, -0.25) is 0 Å². The number of hydrogen-bond donors (Lipinski definition) is 1. The first kappa shape index (κ1) is 11.6. The fourth-order valence-electron chi connectivity index (χ4n) is 1.76. The molecule has 14 heavy (non-hydrogen) atoms. The Morgan fingerprint density at radius 3 is 2.71 bits per heavy atom. The van der Waals surface area contributed by atoms with Crippen molar-refractivity contribution >= 4 is 0 Å². The van der Waals surface area contributed by atoms with Gasteiger partial charge in [-0.2, -0.15) is 13.2 Å². The minimum Gasteiger partial charge on any atom is -0.327 e. The molecule has 0 amide bonds. The number of alkyl halides is 3. The lowest BCUT2D eigenvalue weighted by Gasteiger charge is -2.20. The average molecular weight is 207 g/mol. The average Bonchev–Trinajstić information content (AvgIpc) is 2.01. The van der Waals surface area contributed by atoms with Gasteiger partial charge in [-0.1, -0.05) is 11.6 Å². The number of allylic oxidation sites excluding steroid dienone is 1. The molecule has 0 spiro atoms. The normalized spacial score (nSPS) is 26.9. The molecule has 2 N–H and O–H groups in total. The van der Waals surface area contributed by atoms with E-state index < -0.39 is 12.6 Å². The highest BCUT2D eigenvalue weighted by molar-refractivity contribution is 5.07. The van der Waals surface area contributed by atoms with Crippen LogP contribution in [0.5, 0.6) is 0 Å². The van der Waals surface area contributed by atoms with E-state index in [-0.39, 0.29) is 12.5 Å². The zero-order chi connectivity index (χ0) is 10.6. The Balaban J connectivity index is 2.30. The molecule has 0 saturated heterocycles. The van der Waals surface area contributed by atoms with Crippen LogP contribution in [0, 0.1) is 0 Å². The Morgan fingerprint density at radius 2 is 2.14 bits per heavy atom. The largest absolute Gasteiger partial charge is 0.389 e. The molecular formula is C10H16F3N. The molecule has 0 aromatic rings. The summed E-state index contributed by atoms with van der Waals surface area (Å²) >= 11 is 0. The summed E-state index contributed by atoms with van der Waals surface area (Å²) in [4.78, 5) is 0. The van der Waals surface area contributed by atoms with Gasteiger partial charge in [0, 0.05) is 12.5 Å². The maximum Gasteiger partial charge on any atom is 0.389 e. The third kappa shape index (κ3) is 4.65. The topological polar surface area (TPSA) is 26.0 Å². The van der Waals surface area contributed by atoms with Crippen LogP contribution in [0.2, 0.25) is 0 Å².